The number of aromatic nitrogens is 1. The molecule has 3 nitrogen and oxygen atoms in total. The molecule has 3 heteroatoms. The molecule has 1 aromatic rings. The first-order chi connectivity index (χ1) is 9.11. The van der Waals surface area contributed by atoms with Crippen molar-refractivity contribution in [3.63, 3.8) is 0 Å². The second kappa shape index (κ2) is 6.49. The van der Waals surface area contributed by atoms with Crippen LogP contribution in [0.4, 0.5) is 0 Å². The van der Waals surface area contributed by atoms with Crippen LogP contribution in [0, 0.1) is 12.8 Å². The fourth-order valence-electron chi connectivity index (χ4n) is 2.81. The average molecular weight is 261 g/mol. The summed E-state index contributed by atoms with van der Waals surface area (Å²) >= 11 is 0. The van der Waals surface area contributed by atoms with Gasteiger partial charge in [-0.25, -0.2) is 0 Å². The quantitative estimate of drug-likeness (QED) is 0.903. The highest BCUT2D eigenvalue weighted by molar-refractivity contribution is 5.21. The molecule has 1 N–H and O–H groups in total. The molecule has 0 aliphatic carbocycles. The summed E-state index contributed by atoms with van der Waals surface area (Å²) in [5.41, 5.74) is 2.72. The summed E-state index contributed by atoms with van der Waals surface area (Å²) in [6.07, 6.45) is 5.11. The molecular formula is C16H27N3. The van der Waals surface area contributed by atoms with Crippen molar-refractivity contribution in [1.29, 1.82) is 0 Å². The highest BCUT2D eigenvalue weighted by atomic mass is 15.2. The molecule has 2 unspecified atom stereocenters. The van der Waals surface area contributed by atoms with E-state index >= 15 is 0 Å². The maximum atomic E-state index is 4.27. The summed E-state index contributed by atoms with van der Waals surface area (Å²) in [4.78, 5) is 6.90. The standard InChI is InChI=1S/C16H27N3/c1-5-15-9-18-16(12(2)3)11-19(15)10-14-8-17-7-6-13(14)4/h6-8,12,15-16,18H,5,9-11H2,1-4H3. The van der Waals surface area contributed by atoms with Gasteiger partial charge in [0, 0.05) is 44.1 Å². The number of aryl methyl sites for hydroxylation is 1. The molecule has 1 saturated heterocycles. The fourth-order valence-corrected chi connectivity index (χ4v) is 2.81. The molecule has 0 radical (unpaired) electrons. The van der Waals surface area contributed by atoms with Crippen LogP contribution in [0.15, 0.2) is 18.5 Å². The van der Waals surface area contributed by atoms with Crippen LogP contribution in [0.5, 0.6) is 0 Å². The van der Waals surface area contributed by atoms with Crippen molar-refractivity contribution in [3.8, 4) is 0 Å². The van der Waals surface area contributed by atoms with E-state index in [4.69, 9.17) is 0 Å². The zero-order valence-corrected chi connectivity index (χ0v) is 12.7. The summed E-state index contributed by atoms with van der Waals surface area (Å²) in [6.45, 7) is 12.4. The highest BCUT2D eigenvalue weighted by Crippen LogP contribution is 2.19. The minimum absolute atomic E-state index is 0.611. The van der Waals surface area contributed by atoms with Gasteiger partial charge < -0.3 is 5.32 Å². The predicted molar refractivity (Wildman–Crippen MR) is 80.1 cm³/mol. The Morgan fingerprint density at radius 3 is 2.89 bits per heavy atom. The van der Waals surface area contributed by atoms with E-state index in [1.807, 2.05) is 12.4 Å². The van der Waals surface area contributed by atoms with Gasteiger partial charge in [-0.2, -0.15) is 0 Å². The molecule has 1 aromatic heterocycles. The van der Waals surface area contributed by atoms with Gasteiger partial charge in [0.05, 0.1) is 0 Å². The number of rotatable bonds is 4. The van der Waals surface area contributed by atoms with E-state index < -0.39 is 0 Å². The number of nitrogens with zero attached hydrogens (tertiary/aromatic N) is 2. The summed E-state index contributed by atoms with van der Waals surface area (Å²) in [6, 6.07) is 3.37. The maximum Gasteiger partial charge on any atom is 0.0315 e. The first-order valence-corrected chi connectivity index (χ1v) is 7.48. The molecule has 1 aliphatic heterocycles. The van der Waals surface area contributed by atoms with Gasteiger partial charge in [-0.05, 0) is 36.5 Å². The summed E-state index contributed by atoms with van der Waals surface area (Å²) in [5, 5.41) is 3.69. The normalized spacial score (nSPS) is 24.9. The SMILES string of the molecule is CCC1CNC(C(C)C)CN1Cc1cnccc1C. The Morgan fingerprint density at radius 1 is 1.47 bits per heavy atom. The van der Waals surface area contributed by atoms with Crippen molar-refractivity contribution >= 4 is 0 Å². The second-order valence-corrected chi connectivity index (χ2v) is 6.05. The largest absolute Gasteiger partial charge is 0.311 e. The molecule has 0 amide bonds. The Balaban J connectivity index is 2.08. The molecule has 0 aromatic carbocycles. The van der Waals surface area contributed by atoms with Gasteiger partial charge in [0.2, 0.25) is 0 Å². The molecule has 1 aliphatic rings. The van der Waals surface area contributed by atoms with E-state index in [-0.39, 0.29) is 0 Å². The van der Waals surface area contributed by atoms with Crippen LogP contribution in [0.1, 0.15) is 38.3 Å². The minimum atomic E-state index is 0.611. The fraction of sp³-hybridized carbons (Fsp3) is 0.688. The summed E-state index contributed by atoms with van der Waals surface area (Å²) in [7, 11) is 0. The Morgan fingerprint density at radius 2 is 2.26 bits per heavy atom. The van der Waals surface area contributed by atoms with Crippen molar-refractivity contribution < 1.29 is 0 Å². The Kier molecular flexibility index (Phi) is 4.94. The number of nitrogens with one attached hydrogen (secondary N) is 1. The third kappa shape index (κ3) is 3.54. The molecule has 0 bridgehead atoms. The van der Waals surface area contributed by atoms with E-state index in [0.717, 1.165) is 19.6 Å². The lowest BCUT2D eigenvalue weighted by molar-refractivity contribution is 0.103. The van der Waals surface area contributed by atoms with Crippen LogP contribution in [-0.2, 0) is 6.54 Å². The monoisotopic (exact) mass is 261 g/mol. The second-order valence-electron chi connectivity index (χ2n) is 6.05. The molecule has 0 spiro atoms. The molecule has 2 rings (SSSR count). The van der Waals surface area contributed by atoms with Crippen LogP contribution < -0.4 is 5.32 Å². The third-order valence-electron chi connectivity index (χ3n) is 4.36. The van der Waals surface area contributed by atoms with Gasteiger partial charge in [0.15, 0.2) is 0 Å². The van der Waals surface area contributed by atoms with Gasteiger partial charge in [-0.15, -0.1) is 0 Å². The zero-order valence-electron chi connectivity index (χ0n) is 12.7. The van der Waals surface area contributed by atoms with Crippen LogP contribution in [0.2, 0.25) is 0 Å². The first-order valence-electron chi connectivity index (χ1n) is 7.48. The topological polar surface area (TPSA) is 28.2 Å². The van der Waals surface area contributed by atoms with Crippen molar-refractivity contribution in [2.45, 2.75) is 52.7 Å². The Labute approximate surface area is 117 Å². The van der Waals surface area contributed by atoms with E-state index in [9.17, 15) is 0 Å². The van der Waals surface area contributed by atoms with E-state index in [1.165, 1.54) is 17.5 Å². The number of piperazine rings is 1. The smallest absolute Gasteiger partial charge is 0.0315 e. The molecular weight excluding hydrogens is 234 g/mol. The lowest BCUT2D eigenvalue weighted by atomic mass is 9.97. The summed E-state index contributed by atoms with van der Waals surface area (Å²) < 4.78 is 0. The average Bonchev–Trinajstić information content (AvgIpc) is 2.41. The lowest BCUT2D eigenvalue weighted by Gasteiger charge is -2.41. The number of pyridine rings is 1. The van der Waals surface area contributed by atoms with Crippen LogP contribution in [-0.4, -0.2) is 35.1 Å². The van der Waals surface area contributed by atoms with Crippen LogP contribution in [0.25, 0.3) is 0 Å². The molecule has 2 atom stereocenters. The molecule has 2 heterocycles. The van der Waals surface area contributed by atoms with Gasteiger partial charge in [-0.1, -0.05) is 20.8 Å². The summed E-state index contributed by atoms with van der Waals surface area (Å²) in [5.74, 6) is 0.690. The van der Waals surface area contributed by atoms with Crippen molar-refractivity contribution in [1.82, 2.24) is 15.2 Å². The third-order valence-corrected chi connectivity index (χ3v) is 4.36. The number of hydrogen-bond donors (Lipinski definition) is 1. The van der Waals surface area contributed by atoms with Crippen molar-refractivity contribution in [3.05, 3.63) is 29.6 Å². The van der Waals surface area contributed by atoms with Gasteiger partial charge in [-0.3, -0.25) is 9.88 Å². The molecule has 106 valence electrons. The van der Waals surface area contributed by atoms with Gasteiger partial charge >= 0.3 is 0 Å². The molecule has 1 fully saturated rings. The van der Waals surface area contributed by atoms with E-state index in [2.05, 4.69) is 49.0 Å². The van der Waals surface area contributed by atoms with E-state index in [0.29, 0.717) is 18.0 Å². The van der Waals surface area contributed by atoms with Crippen LogP contribution >= 0.6 is 0 Å². The van der Waals surface area contributed by atoms with Gasteiger partial charge in [0.25, 0.3) is 0 Å². The number of hydrogen-bond acceptors (Lipinski definition) is 3. The van der Waals surface area contributed by atoms with Crippen LogP contribution in [0.3, 0.4) is 0 Å². The lowest BCUT2D eigenvalue weighted by Crippen LogP contribution is -2.57. The van der Waals surface area contributed by atoms with E-state index in [1.54, 1.807) is 0 Å². The predicted octanol–water partition coefficient (Wildman–Crippen LogP) is 2.60. The Hall–Kier alpha value is -0.930. The zero-order chi connectivity index (χ0) is 13.8. The Bertz CT molecular complexity index is 403. The van der Waals surface area contributed by atoms with Gasteiger partial charge in [0.1, 0.15) is 0 Å². The van der Waals surface area contributed by atoms with Crippen molar-refractivity contribution in [2.24, 2.45) is 5.92 Å². The highest BCUT2D eigenvalue weighted by Gasteiger charge is 2.28. The minimum Gasteiger partial charge on any atom is -0.311 e. The molecule has 0 saturated carbocycles. The maximum absolute atomic E-state index is 4.27. The van der Waals surface area contributed by atoms with Crippen molar-refractivity contribution in [2.75, 3.05) is 13.1 Å². The first kappa shape index (κ1) is 14.5. The molecule has 19 heavy (non-hydrogen) atoms.